The fourth-order valence-electron chi connectivity index (χ4n) is 1.02. The van der Waals surface area contributed by atoms with E-state index in [0.29, 0.717) is 0 Å². The highest BCUT2D eigenvalue weighted by atomic mass is 16.7. The summed E-state index contributed by atoms with van der Waals surface area (Å²) >= 11 is 0. The lowest BCUT2D eigenvalue weighted by molar-refractivity contribution is -0.106. The second kappa shape index (κ2) is 4.29. The Labute approximate surface area is 73.9 Å². The largest absolute Gasteiger partial charge is 0.352 e. The molecule has 1 aromatic rings. The summed E-state index contributed by atoms with van der Waals surface area (Å²) in [7, 11) is 8.73. The van der Waals surface area contributed by atoms with E-state index in [1.807, 2.05) is 24.3 Å². The second-order valence-corrected chi connectivity index (χ2v) is 2.47. The molecule has 3 heteroatoms. The summed E-state index contributed by atoms with van der Waals surface area (Å²) in [6.07, 6.45) is -0.300. The van der Waals surface area contributed by atoms with Crippen LogP contribution in [0.25, 0.3) is 0 Å². The third kappa shape index (κ3) is 2.09. The molecule has 0 spiro atoms. The average Bonchev–Trinajstić information content (AvgIpc) is 2.10. The predicted octanol–water partition coefficient (Wildman–Crippen LogP) is 0.772. The Hall–Kier alpha value is -0.795. The molecule has 0 aliphatic heterocycles. The van der Waals surface area contributed by atoms with Crippen molar-refractivity contribution >= 4 is 13.3 Å². The molecule has 0 bridgehead atoms. The molecule has 12 heavy (non-hydrogen) atoms. The highest BCUT2D eigenvalue weighted by Gasteiger charge is 2.06. The van der Waals surface area contributed by atoms with Crippen molar-refractivity contribution in [2.24, 2.45) is 0 Å². The molecule has 0 heterocycles. The van der Waals surface area contributed by atoms with Crippen LogP contribution < -0.4 is 5.46 Å². The fourth-order valence-corrected chi connectivity index (χ4v) is 1.02. The number of hydrogen-bond acceptors (Lipinski definition) is 2. The molecule has 0 fully saturated rings. The van der Waals surface area contributed by atoms with Crippen molar-refractivity contribution < 1.29 is 9.47 Å². The summed E-state index contributed by atoms with van der Waals surface area (Å²) in [5, 5.41) is 0. The van der Waals surface area contributed by atoms with Gasteiger partial charge in [-0.05, 0) is 0 Å². The quantitative estimate of drug-likeness (QED) is 0.482. The molecule has 0 saturated carbocycles. The van der Waals surface area contributed by atoms with Crippen LogP contribution >= 0.6 is 0 Å². The maximum absolute atomic E-state index is 5.53. The number of ether oxygens (including phenoxy) is 2. The molecule has 0 aromatic heterocycles. The van der Waals surface area contributed by atoms with Gasteiger partial charge < -0.3 is 9.47 Å². The van der Waals surface area contributed by atoms with Gasteiger partial charge in [-0.25, -0.2) is 0 Å². The minimum atomic E-state index is -0.300. The minimum Gasteiger partial charge on any atom is -0.352 e. The highest BCUT2D eigenvalue weighted by molar-refractivity contribution is 6.32. The zero-order valence-corrected chi connectivity index (χ0v) is 7.28. The van der Waals surface area contributed by atoms with Gasteiger partial charge in [0.1, 0.15) is 7.85 Å². The van der Waals surface area contributed by atoms with E-state index in [-0.39, 0.29) is 6.29 Å². The minimum absolute atomic E-state index is 0.300. The number of hydrogen-bond donors (Lipinski definition) is 0. The molecule has 0 aliphatic rings. The molecule has 0 saturated heterocycles. The van der Waals surface area contributed by atoms with Gasteiger partial charge >= 0.3 is 0 Å². The lowest BCUT2D eigenvalue weighted by atomic mass is 9.95. The van der Waals surface area contributed by atoms with Crippen molar-refractivity contribution in [3.63, 3.8) is 0 Å². The van der Waals surface area contributed by atoms with Crippen LogP contribution in [0, 0.1) is 0 Å². The summed E-state index contributed by atoms with van der Waals surface area (Å²) < 4.78 is 10.1. The van der Waals surface area contributed by atoms with Crippen molar-refractivity contribution in [1.29, 1.82) is 0 Å². The van der Waals surface area contributed by atoms with E-state index in [4.69, 9.17) is 17.3 Å². The van der Waals surface area contributed by atoms with Gasteiger partial charge in [0.05, 0.1) is 0 Å². The summed E-state index contributed by atoms with van der Waals surface area (Å²) in [5.74, 6) is 0. The van der Waals surface area contributed by atoms with Crippen LogP contribution in [-0.4, -0.2) is 22.1 Å². The predicted molar refractivity (Wildman–Crippen MR) is 48.6 cm³/mol. The molecule has 2 nitrogen and oxygen atoms in total. The van der Waals surface area contributed by atoms with Crippen molar-refractivity contribution in [3.05, 3.63) is 29.8 Å². The van der Waals surface area contributed by atoms with E-state index < -0.39 is 0 Å². The monoisotopic (exact) mass is 162 g/mol. The molecular formula is C9H11BO2. The van der Waals surface area contributed by atoms with Crippen LogP contribution in [0.3, 0.4) is 0 Å². The van der Waals surface area contributed by atoms with Crippen molar-refractivity contribution in [2.75, 3.05) is 14.2 Å². The number of rotatable bonds is 3. The van der Waals surface area contributed by atoms with Gasteiger partial charge in [-0.1, -0.05) is 29.7 Å². The van der Waals surface area contributed by atoms with E-state index in [9.17, 15) is 0 Å². The van der Waals surface area contributed by atoms with Gasteiger partial charge in [-0.2, -0.15) is 0 Å². The van der Waals surface area contributed by atoms with Crippen LogP contribution in [0.4, 0.5) is 0 Å². The molecule has 1 aromatic carbocycles. The maximum atomic E-state index is 5.53. The Kier molecular flexibility index (Phi) is 3.32. The third-order valence-corrected chi connectivity index (χ3v) is 1.64. The first-order valence-corrected chi connectivity index (χ1v) is 3.69. The lowest BCUT2D eigenvalue weighted by Crippen LogP contribution is -2.06. The van der Waals surface area contributed by atoms with E-state index in [1.54, 1.807) is 14.2 Å². The molecule has 0 N–H and O–H groups in total. The van der Waals surface area contributed by atoms with Crippen LogP contribution in [0.5, 0.6) is 0 Å². The number of methoxy groups -OCH3 is 2. The maximum Gasteiger partial charge on any atom is 0.183 e. The van der Waals surface area contributed by atoms with Crippen LogP contribution in [0.15, 0.2) is 24.3 Å². The first-order valence-electron chi connectivity index (χ1n) is 3.69. The van der Waals surface area contributed by atoms with Gasteiger partial charge in [-0.15, -0.1) is 0 Å². The van der Waals surface area contributed by atoms with Crippen molar-refractivity contribution in [2.45, 2.75) is 6.29 Å². The molecule has 0 unspecified atom stereocenters. The fraction of sp³-hybridized carbons (Fsp3) is 0.333. The van der Waals surface area contributed by atoms with E-state index >= 15 is 0 Å². The first kappa shape index (κ1) is 9.29. The Bertz CT molecular complexity index is 229. The van der Waals surface area contributed by atoms with Gasteiger partial charge in [0.2, 0.25) is 0 Å². The molecule has 1 rings (SSSR count). The molecule has 0 aliphatic carbocycles. The van der Waals surface area contributed by atoms with Gasteiger partial charge in [-0.3, -0.25) is 0 Å². The third-order valence-electron chi connectivity index (χ3n) is 1.64. The van der Waals surface area contributed by atoms with Crippen molar-refractivity contribution in [1.82, 2.24) is 0 Å². The van der Waals surface area contributed by atoms with Crippen LogP contribution in [-0.2, 0) is 9.47 Å². The average molecular weight is 162 g/mol. The number of benzene rings is 1. The summed E-state index contributed by atoms with van der Waals surface area (Å²) in [5.41, 5.74) is 1.71. The first-order chi connectivity index (χ1) is 5.77. The van der Waals surface area contributed by atoms with Crippen LogP contribution in [0.2, 0.25) is 0 Å². The molecule has 62 valence electrons. The van der Waals surface area contributed by atoms with Crippen molar-refractivity contribution in [3.8, 4) is 0 Å². The Morgan fingerprint density at radius 1 is 1.08 bits per heavy atom. The SMILES string of the molecule is [B]c1ccc(C(OC)OC)cc1. The second-order valence-electron chi connectivity index (χ2n) is 2.47. The van der Waals surface area contributed by atoms with E-state index in [0.717, 1.165) is 11.0 Å². The summed E-state index contributed by atoms with van der Waals surface area (Å²) in [6.45, 7) is 0. The Morgan fingerprint density at radius 3 is 2.00 bits per heavy atom. The van der Waals surface area contributed by atoms with Crippen LogP contribution in [0.1, 0.15) is 11.9 Å². The summed E-state index contributed by atoms with van der Waals surface area (Å²) in [6, 6.07) is 7.40. The molecule has 0 atom stereocenters. The smallest absolute Gasteiger partial charge is 0.183 e. The van der Waals surface area contributed by atoms with E-state index in [1.165, 1.54) is 0 Å². The zero-order chi connectivity index (χ0) is 8.97. The zero-order valence-electron chi connectivity index (χ0n) is 7.28. The molecule has 2 radical (unpaired) electrons. The molecule has 0 amide bonds. The highest BCUT2D eigenvalue weighted by Crippen LogP contribution is 2.14. The Balaban J connectivity index is 2.80. The summed E-state index contributed by atoms with van der Waals surface area (Å²) in [4.78, 5) is 0. The normalized spacial score (nSPS) is 10.6. The standard InChI is InChI=1S/C9H11BO2/c1-11-9(12-2)7-3-5-8(10)6-4-7/h3-6,9H,1-2H3. The van der Waals surface area contributed by atoms with Gasteiger partial charge in [0.15, 0.2) is 6.29 Å². The Morgan fingerprint density at radius 2 is 1.58 bits per heavy atom. The van der Waals surface area contributed by atoms with Gasteiger partial charge in [0, 0.05) is 19.8 Å². The van der Waals surface area contributed by atoms with E-state index in [2.05, 4.69) is 0 Å². The topological polar surface area (TPSA) is 18.5 Å². The molecular weight excluding hydrogens is 151 g/mol. The van der Waals surface area contributed by atoms with Gasteiger partial charge in [0.25, 0.3) is 0 Å². The lowest BCUT2D eigenvalue weighted by Gasteiger charge is -2.13.